The van der Waals surface area contributed by atoms with Crippen LogP contribution in [0.15, 0.2) is 29.3 Å². The number of guanidine groups is 1. The van der Waals surface area contributed by atoms with E-state index in [4.69, 9.17) is 4.99 Å². The number of hydrogen-bond donors (Lipinski definition) is 2. The second-order valence-corrected chi connectivity index (χ2v) is 6.97. The fraction of sp³-hybridized carbons (Fsp3) is 0.650. The highest BCUT2D eigenvalue weighted by Crippen LogP contribution is 2.14. The van der Waals surface area contributed by atoms with Gasteiger partial charge in [0.05, 0.1) is 6.54 Å². The summed E-state index contributed by atoms with van der Waals surface area (Å²) in [5, 5.41) is 6.71. The van der Waals surface area contributed by atoms with Gasteiger partial charge in [0.25, 0.3) is 0 Å². The summed E-state index contributed by atoms with van der Waals surface area (Å²) in [6.07, 6.45) is 0. The lowest BCUT2D eigenvalue weighted by Gasteiger charge is -2.34. The Morgan fingerprint density at radius 2 is 1.65 bits per heavy atom. The van der Waals surface area contributed by atoms with Crippen LogP contribution < -0.4 is 10.6 Å². The fourth-order valence-corrected chi connectivity index (χ4v) is 3.13. The summed E-state index contributed by atoms with van der Waals surface area (Å²) in [6.45, 7) is 17.1. The molecule has 148 valence electrons. The van der Waals surface area contributed by atoms with Crippen molar-refractivity contribution in [3.8, 4) is 0 Å². The van der Waals surface area contributed by atoms with Gasteiger partial charge in [-0.15, -0.1) is 24.0 Å². The molecule has 0 bridgehead atoms. The lowest BCUT2D eigenvalue weighted by atomic mass is 10.1. The van der Waals surface area contributed by atoms with Crippen LogP contribution in [-0.2, 0) is 13.1 Å². The minimum absolute atomic E-state index is 0. The molecule has 1 aliphatic rings. The van der Waals surface area contributed by atoms with E-state index < -0.39 is 0 Å². The van der Waals surface area contributed by atoms with Crippen molar-refractivity contribution in [3.05, 3.63) is 35.4 Å². The van der Waals surface area contributed by atoms with Gasteiger partial charge in [0.1, 0.15) is 0 Å². The number of aliphatic imine (C=N–C) groups is 1. The molecule has 1 aromatic rings. The van der Waals surface area contributed by atoms with Gasteiger partial charge in [0, 0.05) is 45.3 Å². The highest BCUT2D eigenvalue weighted by Gasteiger charge is 2.16. The molecule has 6 heteroatoms. The minimum atomic E-state index is 0. The van der Waals surface area contributed by atoms with Gasteiger partial charge < -0.3 is 15.5 Å². The second-order valence-electron chi connectivity index (χ2n) is 6.97. The number of benzene rings is 1. The van der Waals surface area contributed by atoms with E-state index in [2.05, 4.69) is 72.4 Å². The zero-order chi connectivity index (χ0) is 18.1. The first kappa shape index (κ1) is 23.2. The molecule has 0 saturated carbocycles. The van der Waals surface area contributed by atoms with Crippen LogP contribution >= 0.6 is 24.0 Å². The number of likely N-dealkylation sites (N-methyl/N-ethyl adjacent to an activating group) is 1. The first-order valence-corrected chi connectivity index (χ1v) is 9.68. The predicted octanol–water partition coefficient (Wildman–Crippen LogP) is 2.91. The molecule has 0 aliphatic carbocycles. The van der Waals surface area contributed by atoms with Crippen LogP contribution in [0.2, 0.25) is 0 Å². The molecule has 1 aromatic carbocycles. The third-order valence-electron chi connectivity index (χ3n) is 4.60. The van der Waals surface area contributed by atoms with Crippen molar-refractivity contribution in [1.82, 2.24) is 20.4 Å². The van der Waals surface area contributed by atoms with E-state index in [-0.39, 0.29) is 24.0 Å². The zero-order valence-corrected chi connectivity index (χ0v) is 19.1. The average molecular weight is 473 g/mol. The van der Waals surface area contributed by atoms with Crippen LogP contribution in [0.1, 0.15) is 38.8 Å². The van der Waals surface area contributed by atoms with Crippen molar-refractivity contribution >= 4 is 29.9 Å². The quantitative estimate of drug-likeness (QED) is 0.363. The Bertz CT molecular complexity index is 539. The van der Waals surface area contributed by atoms with E-state index in [9.17, 15) is 0 Å². The summed E-state index contributed by atoms with van der Waals surface area (Å²) in [6, 6.07) is 9.09. The highest BCUT2D eigenvalue weighted by molar-refractivity contribution is 14.0. The first-order valence-electron chi connectivity index (χ1n) is 9.68. The summed E-state index contributed by atoms with van der Waals surface area (Å²) < 4.78 is 0. The fourth-order valence-electron chi connectivity index (χ4n) is 3.13. The van der Waals surface area contributed by atoms with Gasteiger partial charge in [-0.1, -0.05) is 31.2 Å². The molecular weight excluding hydrogens is 437 g/mol. The summed E-state index contributed by atoms with van der Waals surface area (Å²) in [7, 11) is 0. The molecule has 0 spiro atoms. The number of piperazine rings is 1. The third-order valence-corrected chi connectivity index (χ3v) is 4.60. The molecule has 2 N–H and O–H groups in total. The monoisotopic (exact) mass is 473 g/mol. The van der Waals surface area contributed by atoms with Gasteiger partial charge >= 0.3 is 0 Å². The Labute approximate surface area is 176 Å². The molecule has 0 unspecified atom stereocenters. The topological polar surface area (TPSA) is 42.9 Å². The maximum absolute atomic E-state index is 4.77. The van der Waals surface area contributed by atoms with Crippen LogP contribution in [0.5, 0.6) is 0 Å². The van der Waals surface area contributed by atoms with Gasteiger partial charge in [-0.3, -0.25) is 4.90 Å². The van der Waals surface area contributed by atoms with Gasteiger partial charge in [-0.25, -0.2) is 4.99 Å². The normalized spacial score (nSPS) is 16.4. The number of nitrogens with zero attached hydrogens (tertiary/aromatic N) is 3. The second kappa shape index (κ2) is 12.5. The summed E-state index contributed by atoms with van der Waals surface area (Å²) in [5.74, 6) is 0.892. The van der Waals surface area contributed by atoms with Gasteiger partial charge in [0.15, 0.2) is 5.96 Å². The molecule has 0 amide bonds. The van der Waals surface area contributed by atoms with Crippen LogP contribution in [0, 0.1) is 0 Å². The third kappa shape index (κ3) is 7.80. The van der Waals surface area contributed by atoms with E-state index in [0.717, 1.165) is 38.7 Å². The molecule has 0 atom stereocenters. The molecule has 1 aliphatic heterocycles. The average Bonchev–Trinajstić information content (AvgIpc) is 2.61. The van der Waals surface area contributed by atoms with Gasteiger partial charge in [0.2, 0.25) is 0 Å². The molecule has 1 fully saturated rings. The maximum atomic E-state index is 4.77. The Morgan fingerprint density at radius 1 is 1.04 bits per heavy atom. The minimum Gasteiger partial charge on any atom is -0.357 e. The Balaban J connectivity index is 0.00000338. The van der Waals surface area contributed by atoms with Crippen molar-refractivity contribution in [3.63, 3.8) is 0 Å². The van der Waals surface area contributed by atoms with E-state index in [1.165, 1.54) is 24.2 Å². The Hall–Kier alpha value is -0.860. The van der Waals surface area contributed by atoms with Crippen molar-refractivity contribution in [2.24, 2.45) is 4.99 Å². The first-order chi connectivity index (χ1) is 12.1. The van der Waals surface area contributed by atoms with E-state index >= 15 is 0 Å². The van der Waals surface area contributed by atoms with Crippen molar-refractivity contribution in [2.75, 3.05) is 39.3 Å². The van der Waals surface area contributed by atoms with Gasteiger partial charge in [-0.2, -0.15) is 0 Å². The lowest BCUT2D eigenvalue weighted by Crippen LogP contribution is -2.45. The van der Waals surface area contributed by atoms with E-state index in [1.54, 1.807) is 0 Å². The summed E-state index contributed by atoms with van der Waals surface area (Å²) in [4.78, 5) is 9.85. The molecule has 1 heterocycles. The van der Waals surface area contributed by atoms with Gasteiger partial charge in [-0.05, 0) is 38.4 Å². The highest BCUT2D eigenvalue weighted by atomic mass is 127. The molecule has 26 heavy (non-hydrogen) atoms. The van der Waals surface area contributed by atoms with E-state index in [1.807, 2.05) is 0 Å². The smallest absolute Gasteiger partial charge is 0.191 e. The lowest BCUT2D eigenvalue weighted by molar-refractivity contribution is 0.131. The molecule has 0 radical (unpaired) electrons. The van der Waals surface area contributed by atoms with Crippen molar-refractivity contribution < 1.29 is 0 Å². The number of nitrogens with one attached hydrogen (secondary N) is 2. The molecular formula is C20H36IN5. The SMILES string of the molecule is CCNC(=NCc1ccccc1CN1CCN(CC)CC1)NC(C)C.I. The van der Waals surface area contributed by atoms with Crippen molar-refractivity contribution in [1.29, 1.82) is 0 Å². The van der Waals surface area contributed by atoms with Crippen LogP contribution in [0.4, 0.5) is 0 Å². The molecule has 1 saturated heterocycles. The molecule has 0 aromatic heterocycles. The standard InChI is InChI=1S/C20H35N5.HI/c1-5-21-20(23-17(3)4)22-15-18-9-7-8-10-19(18)16-25-13-11-24(6-2)12-14-25;/h7-10,17H,5-6,11-16H2,1-4H3,(H2,21,22,23);1H. The Kier molecular flexibility index (Phi) is 11.2. The van der Waals surface area contributed by atoms with Crippen molar-refractivity contribution in [2.45, 2.75) is 46.8 Å². The van der Waals surface area contributed by atoms with Crippen LogP contribution in [0.3, 0.4) is 0 Å². The number of halogens is 1. The number of hydrogen-bond acceptors (Lipinski definition) is 3. The largest absolute Gasteiger partial charge is 0.357 e. The zero-order valence-electron chi connectivity index (χ0n) is 16.8. The van der Waals surface area contributed by atoms with E-state index in [0.29, 0.717) is 12.6 Å². The molecule has 5 nitrogen and oxygen atoms in total. The Morgan fingerprint density at radius 3 is 2.23 bits per heavy atom. The molecule has 2 rings (SSSR count). The summed E-state index contributed by atoms with van der Waals surface area (Å²) >= 11 is 0. The predicted molar refractivity (Wildman–Crippen MR) is 122 cm³/mol. The van der Waals surface area contributed by atoms with Crippen LogP contribution in [0.25, 0.3) is 0 Å². The number of rotatable bonds is 7. The summed E-state index contributed by atoms with van der Waals surface area (Å²) in [5.41, 5.74) is 2.72. The maximum Gasteiger partial charge on any atom is 0.191 e. The van der Waals surface area contributed by atoms with Crippen LogP contribution in [-0.4, -0.2) is 61.1 Å².